The predicted octanol–water partition coefficient (Wildman–Crippen LogP) is 1.88. The van der Waals surface area contributed by atoms with Gasteiger partial charge in [-0.15, -0.1) is 0 Å². The molecule has 1 aromatic heterocycles. The largest absolute Gasteiger partial charge is 0.351 e. The number of rotatable bonds is 2. The number of anilines is 1. The Bertz CT molecular complexity index is 360. The molecule has 0 amide bonds. The Balaban J connectivity index is 2.37. The summed E-state index contributed by atoms with van der Waals surface area (Å²) in [5.41, 5.74) is 0.826. The van der Waals surface area contributed by atoms with E-state index < -0.39 is 0 Å². The van der Waals surface area contributed by atoms with Crippen molar-refractivity contribution in [2.24, 2.45) is 0 Å². The first-order valence-corrected chi connectivity index (χ1v) is 4.83. The topological polar surface area (TPSA) is 33.2 Å². The number of hydrogen-bond acceptors (Lipinski definition) is 3. The molecule has 1 aromatic rings. The van der Waals surface area contributed by atoms with Crippen LogP contribution in [0.25, 0.3) is 0 Å². The maximum atomic E-state index is 10.8. The first kappa shape index (κ1) is 9.19. The Morgan fingerprint density at radius 1 is 1.57 bits per heavy atom. The van der Waals surface area contributed by atoms with Crippen LogP contribution in [0.2, 0.25) is 0 Å². The number of carbonyl (C=O) groups excluding carboxylic acids is 1. The highest BCUT2D eigenvalue weighted by molar-refractivity contribution is 5.83. The van der Waals surface area contributed by atoms with Gasteiger partial charge in [0.1, 0.15) is 5.82 Å². The maximum absolute atomic E-state index is 10.8. The highest BCUT2D eigenvalue weighted by atomic mass is 16.1. The summed E-state index contributed by atoms with van der Waals surface area (Å²) in [4.78, 5) is 17.3. The van der Waals surface area contributed by atoms with Crippen molar-refractivity contribution < 1.29 is 4.79 Å². The summed E-state index contributed by atoms with van der Waals surface area (Å²) in [6, 6.07) is 3.60. The van der Waals surface area contributed by atoms with Crippen molar-refractivity contribution in [2.75, 3.05) is 11.4 Å². The van der Waals surface area contributed by atoms with Gasteiger partial charge in [-0.3, -0.25) is 4.79 Å². The molecule has 0 unspecified atom stereocenters. The van der Waals surface area contributed by atoms with E-state index in [0.717, 1.165) is 25.1 Å². The summed E-state index contributed by atoms with van der Waals surface area (Å²) < 4.78 is 0. The third-order valence-corrected chi connectivity index (χ3v) is 2.88. The lowest BCUT2D eigenvalue weighted by molar-refractivity contribution is 0.112. The quantitative estimate of drug-likeness (QED) is 0.668. The van der Waals surface area contributed by atoms with E-state index in [1.165, 1.54) is 0 Å². The molecule has 0 spiro atoms. The lowest BCUT2D eigenvalue weighted by atomic mass is 9.88. The number of carbonyl (C=O) groups is 1. The Kier molecular flexibility index (Phi) is 2.02. The molecule has 1 aliphatic heterocycles. The number of nitrogens with zero attached hydrogens (tertiary/aromatic N) is 2. The number of aromatic nitrogens is 1. The fourth-order valence-electron chi connectivity index (χ4n) is 1.79. The monoisotopic (exact) mass is 190 g/mol. The zero-order valence-corrected chi connectivity index (χ0v) is 8.53. The first-order chi connectivity index (χ1) is 6.65. The van der Waals surface area contributed by atoms with Gasteiger partial charge in [-0.05, 0) is 32.4 Å². The summed E-state index contributed by atoms with van der Waals surface area (Å²) in [6.07, 6.45) is 3.76. The highest BCUT2D eigenvalue weighted by Gasteiger charge is 2.37. The van der Waals surface area contributed by atoms with Crippen molar-refractivity contribution in [3.8, 4) is 0 Å². The summed E-state index contributed by atoms with van der Waals surface area (Å²) in [5, 5.41) is 0. The average molecular weight is 190 g/mol. The van der Waals surface area contributed by atoms with Crippen LogP contribution >= 0.6 is 0 Å². The van der Waals surface area contributed by atoms with Gasteiger partial charge in [-0.1, -0.05) is 0 Å². The van der Waals surface area contributed by atoms with Gasteiger partial charge < -0.3 is 4.90 Å². The predicted molar refractivity (Wildman–Crippen MR) is 55.7 cm³/mol. The Morgan fingerprint density at radius 3 is 2.86 bits per heavy atom. The Labute approximate surface area is 83.8 Å². The van der Waals surface area contributed by atoms with Crippen LogP contribution in [0.4, 0.5) is 5.82 Å². The van der Waals surface area contributed by atoms with Gasteiger partial charge in [-0.2, -0.15) is 0 Å². The van der Waals surface area contributed by atoms with Gasteiger partial charge in [0.15, 0.2) is 6.29 Å². The molecule has 0 N–H and O–H groups in total. The lowest BCUT2D eigenvalue weighted by Gasteiger charge is -2.49. The molecule has 14 heavy (non-hydrogen) atoms. The van der Waals surface area contributed by atoms with Gasteiger partial charge in [0, 0.05) is 18.3 Å². The van der Waals surface area contributed by atoms with Gasteiger partial charge in [0.25, 0.3) is 0 Å². The van der Waals surface area contributed by atoms with Crippen molar-refractivity contribution in [3.63, 3.8) is 0 Å². The number of pyridine rings is 1. The summed E-state index contributed by atoms with van der Waals surface area (Å²) in [5.74, 6) is 0.818. The van der Waals surface area contributed by atoms with Gasteiger partial charge >= 0.3 is 0 Å². The van der Waals surface area contributed by atoms with E-state index in [2.05, 4.69) is 23.7 Å². The molecule has 2 heterocycles. The minimum atomic E-state index is 0.145. The molecule has 0 aromatic carbocycles. The van der Waals surface area contributed by atoms with Crippen LogP contribution in [0, 0.1) is 0 Å². The zero-order chi connectivity index (χ0) is 10.2. The zero-order valence-electron chi connectivity index (χ0n) is 8.53. The second kappa shape index (κ2) is 3.08. The minimum Gasteiger partial charge on any atom is -0.351 e. The molecule has 0 bridgehead atoms. The SMILES string of the molecule is CC1(C)CCN1c1ncccc1C=O. The van der Waals surface area contributed by atoms with E-state index >= 15 is 0 Å². The second-order valence-corrected chi connectivity index (χ2v) is 4.25. The van der Waals surface area contributed by atoms with E-state index in [0.29, 0.717) is 5.56 Å². The van der Waals surface area contributed by atoms with Crippen LogP contribution in [0.5, 0.6) is 0 Å². The molecule has 1 aliphatic rings. The third-order valence-electron chi connectivity index (χ3n) is 2.88. The van der Waals surface area contributed by atoms with Gasteiger partial charge in [0.05, 0.1) is 5.56 Å². The standard InChI is InChI=1S/C11H14N2O/c1-11(2)5-7-13(11)10-9(8-14)4-3-6-12-10/h3-4,6,8H,5,7H2,1-2H3. The molecule has 3 nitrogen and oxygen atoms in total. The smallest absolute Gasteiger partial charge is 0.153 e. The van der Waals surface area contributed by atoms with Crippen LogP contribution in [0.1, 0.15) is 30.6 Å². The molecule has 0 aliphatic carbocycles. The molecule has 3 heteroatoms. The number of aldehydes is 1. The molecule has 1 fully saturated rings. The van der Waals surface area contributed by atoms with Crippen molar-refractivity contribution in [3.05, 3.63) is 23.9 Å². The molecule has 0 radical (unpaired) electrons. The summed E-state index contributed by atoms with van der Waals surface area (Å²) >= 11 is 0. The van der Waals surface area contributed by atoms with Crippen LogP contribution in [-0.2, 0) is 0 Å². The van der Waals surface area contributed by atoms with Crippen molar-refractivity contribution >= 4 is 12.1 Å². The normalized spacial score (nSPS) is 18.9. The fourth-order valence-corrected chi connectivity index (χ4v) is 1.79. The van der Waals surface area contributed by atoms with E-state index in [-0.39, 0.29) is 5.54 Å². The van der Waals surface area contributed by atoms with E-state index in [1.807, 2.05) is 6.07 Å². The first-order valence-electron chi connectivity index (χ1n) is 4.83. The van der Waals surface area contributed by atoms with Crippen molar-refractivity contribution in [1.82, 2.24) is 4.98 Å². The molecule has 1 saturated heterocycles. The Morgan fingerprint density at radius 2 is 2.36 bits per heavy atom. The van der Waals surface area contributed by atoms with Crippen LogP contribution in [0.15, 0.2) is 18.3 Å². The molecule has 0 atom stereocenters. The molecule has 2 rings (SSSR count). The molecule has 74 valence electrons. The highest BCUT2D eigenvalue weighted by Crippen LogP contribution is 2.34. The molecular weight excluding hydrogens is 176 g/mol. The van der Waals surface area contributed by atoms with Crippen molar-refractivity contribution in [1.29, 1.82) is 0 Å². The third kappa shape index (κ3) is 1.29. The molecular formula is C11H14N2O. The second-order valence-electron chi connectivity index (χ2n) is 4.25. The lowest BCUT2D eigenvalue weighted by Crippen LogP contribution is -2.56. The maximum Gasteiger partial charge on any atom is 0.153 e. The molecule has 0 saturated carbocycles. The van der Waals surface area contributed by atoms with Crippen LogP contribution < -0.4 is 4.90 Å². The van der Waals surface area contributed by atoms with Gasteiger partial charge in [0.2, 0.25) is 0 Å². The summed E-state index contributed by atoms with van der Waals surface area (Å²) in [6.45, 7) is 5.32. The fraction of sp³-hybridized carbons (Fsp3) is 0.455. The summed E-state index contributed by atoms with van der Waals surface area (Å²) in [7, 11) is 0. The van der Waals surface area contributed by atoms with Crippen molar-refractivity contribution in [2.45, 2.75) is 25.8 Å². The van der Waals surface area contributed by atoms with E-state index in [9.17, 15) is 4.79 Å². The van der Waals surface area contributed by atoms with Crippen LogP contribution in [-0.4, -0.2) is 23.4 Å². The van der Waals surface area contributed by atoms with Gasteiger partial charge in [-0.25, -0.2) is 4.98 Å². The van der Waals surface area contributed by atoms with E-state index in [1.54, 1.807) is 12.3 Å². The average Bonchev–Trinajstić information content (AvgIpc) is 2.17. The van der Waals surface area contributed by atoms with Crippen LogP contribution in [0.3, 0.4) is 0 Å². The minimum absolute atomic E-state index is 0.145. The van der Waals surface area contributed by atoms with E-state index in [4.69, 9.17) is 0 Å². The number of hydrogen-bond donors (Lipinski definition) is 0. The Hall–Kier alpha value is -1.38.